The van der Waals surface area contributed by atoms with E-state index in [1.54, 1.807) is 0 Å². The molecule has 2 aromatic rings. The molecule has 26 heavy (non-hydrogen) atoms. The van der Waals surface area contributed by atoms with E-state index < -0.39 is 0 Å². The maximum absolute atomic E-state index is 12.3. The van der Waals surface area contributed by atoms with Crippen LogP contribution in [0.1, 0.15) is 50.0 Å². The van der Waals surface area contributed by atoms with E-state index in [0.29, 0.717) is 11.7 Å². The average molecular weight is 374 g/mol. The molecule has 1 amide bonds. The molecule has 1 atom stereocenters. The number of hydrogen-bond donors (Lipinski definition) is 1. The number of nitrogens with zero attached hydrogens (tertiary/aromatic N) is 3. The summed E-state index contributed by atoms with van der Waals surface area (Å²) in [6.45, 7) is 5.12. The molecule has 0 spiro atoms. The first-order valence-electron chi connectivity index (χ1n) is 8.90. The highest BCUT2D eigenvalue weighted by Crippen LogP contribution is 2.40. The molecule has 0 saturated heterocycles. The molecule has 1 saturated carbocycles. The second kappa shape index (κ2) is 7.19. The van der Waals surface area contributed by atoms with Gasteiger partial charge in [0.25, 0.3) is 0 Å². The Morgan fingerprint density at radius 1 is 1.35 bits per heavy atom. The molecule has 0 bridgehead atoms. The molecule has 1 aliphatic heterocycles. The van der Waals surface area contributed by atoms with Crippen LogP contribution in [0, 0.1) is 0 Å². The lowest BCUT2D eigenvalue weighted by atomic mass is 10.1. The molecular formula is C18H22N4O3S. The summed E-state index contributed by atoms with van der Waals surface area (Å²) < 4.78 is 12.8. The first kappa shape index (κ1) is 17.2. The Balaban J connectivity index is 1.34. The number of carbonyl (C=O) groups is 1. The van der Waals surface area contributed by atoms with Crippen molar-refractivity contribution in [2.24, 2.45) is 0 Å². The van der Waals surface area contributed by atoms with Crippen molar-refractivity contribution in [1.82, 2.24) is 20.1 Å². The molecular weight excluding hydrogens is 352 g/mol. The number of benzene rings is 1. The Morgan fingerprint density at radius 2 is 2.15 bits per heavy atom. The predicted octanol–water partition coefficient (Wildman–Crippen LogP) is 2.87. The normalized spacial score (nSPS) is 16.5. The molecule has 8 heteroatoms. The zero-order chi connectivity index (χ0) is 18.1. The molecule has 1 N–H and O–H groups in total. The topological polar surface area (TPSA) is 78.3 Å². The Kier molecular flexibility index (Phi) is 4.76. The summed E-state index contributed by atoms with van der Waals surface area (Å²) in [7, 11) is 0. The van der Waals surface area contributed by atoms with Gasteiger partial charge in [-0.25, -0.2) is 0 Å². The molecule has 1 aromatic carbocycles. The summed E-state index contributed by atoms with van der Waals surface area (Å²) in [4.78, 5) is 12.3. The monoisotopic (exact) mass is 374 g/mol. The molecule has 1 fully saturated rings. The van der Waals surface area contributed by atoms with Crippen molar-refractivity contribution >= 4 is 17.7 Å². The molecule has 4 rings (SSSR count). The lowest BCUT2D eigenvalue weighted by molar-refractivity contribution is -0.119. The summed E-state index contributed by atoms with van der Waals surface area (Å²) in [6.07, 6.45) is 2.38. The standard InChI is InChI=1S/C18H22N4O3S/c1-3-22-17(12-4-5-12)20-21-18(22)26-9-16(23)19-11(2)13-6-7-14-15(8-13)25-10-24-14/h6-8,11-12H,3-5,9-10H2,1-2H3,(H,19,23)/t11-/m0/s1. The van der Waals surface area contributed by atoms with E-state index in [0.717, 1.165) is 34.6 Å². The van der Waals surface area contributed by atoms with Crippen molar-refractivity contribution in [3.05, 3.63) is 29.6 Å². The molecule has 2 aliphatic rings. The van der Waals surface area contributed by atoms with Gasteiger partial charge in [0.05, 0.1) is 11.8 Å². The van der Waals surface area contributed by atoms with Gasteiger partial charge in [-0.3, -0.25) is 4.79 Å². The van der Waals surface area contributed by atoms with Crippen LogP contribution in [0.2, 0.25) is 0 Å². The number of aromatic nitrogens is 3. The zero-order valence-corrected chi connectivity index (χ0v) is 15.7. The average Bonchev–Trinajstić information content (AvgIpc) is 3.23. The van der Waals surface area contributed by atoms with Crippen molar-refractivity contribution in [2.75, 3.05) is 12.5 Å². The zero-order valence-electron chi connectivity index (χ0n) is 14.9. The number of ether oxygens (including phenoxy) is 2. The smallest absolute Gasteiger partial charge is 0.231 e. The Labute approximate surface area is 156 Å². The van der Waals surface area contributed by atoms with E-state index in [1.807, 2.05) is 25.1 Å². The van der Waals surface area contributed by atoms with E-state index in [1.165, 1.54) is 24.6 Å². The SMILES string of the molecule is CCn1c(SCC(=O)N[C@@H](C)c2ccc3c(c2)OCO3)nnc1C1CC1. The van der Waals surface area contributed by atoms with Gasteiger partial charge in [-0.05, 0) is 44.4 Å². The fourth-order valence-corrected chi connectivity index (χ4v) is 3.85. The van der Waals surface area contributed by atoms with Crippen molar-refractivity contribution < 1.29 is 14.3 Å². The Hall–Kier alpha value is -2.22. The molecule has 1 aromatic heterocycles. The third-order valence-corrected chi connectivity index (χ3v) is 5.58. The maximum atomic E-state index is 12.3. The van der Waals surface area contributed by atoms with Crippen LogP contribution < -0.4 is 14.8 Å². The van der Waals surface area contributed by atoms with Gasteiger partial charge < -0.3 is 19.4 Å². The van der Waals surface area contributed by atoms with E-state index in [2.05, 4.69) is 27.0 Å². The number of carbonyl (C=O) groups excluding carboxylic acids is 1. The number of nitrogens with one attached hydrogen (secondary N) is 1. The Morgan fingerprint density at radius 3 is 2.92 bits per heavy atom. The molecule has 7 nitrogen and oxygen atoms in total. The van der Waals surface area contributed by atoms with E-state index in [4.69, 9.17) is 9.47 Å². The van der Waals surface area contributed by atoms with Crippen molar-refractivity contribution in [3.63, 3.8) is 0 Å². The van der Waals surface area contributed by atoms with Crippen molar-refractivity contribution in [2.45, 2.75) is 50.4 Å². The quantitative estimate of drug-likeness (QED) is 0.751. The molecule has 0 radical (unpaired) electrons. The van der Waals surface area contributed by atoms with Crippen LogP contribution in [0.25, 0.3) is 0 Å². The Bertz CT molecular complexity index is 819. The summed E-state index contributed by atoms with van der Waals surface area (Å²) in [5.41, 5.74) is 0.986. The highest BCUT2D eigenvalue weighted by atomic mass is 32.2. The highest BCUT2D eigenvalue weighted by Gasteiger charge is 2.30. The van der Waals surface area contributed by atoms with Gasteiger partial charge in [-0.15, -0.1) is 10.2 Å². The van der Waals surface area contributed by atoms with Crippen molar-refractivity contribution in [3.8, 4) is 11.5 Å². The van der Waals surface area contributed by atoms with Crippen LogP contribution in [0.3, 0.4) is 0 Å². The summed E-state index contributed by atoms with van der Waals surface area (Å²) in [5, 5.41) is 12.4. The summed E-state index contributed by atoms with van der Waals surface area (Å²) in [6, 6.07) is 5.62. The second-order valence-electron chi connectivity index (χ2n) is 6.55. The van der Waals surface area contributed by atoms with Crippen LogP contribution in [0.4, 0.5) is 0 Å². The van der Waals surface area contributed by atoms with Gasteiger partial charge in [-0.1, -0.05) is 17.8 Å². The van der Waals surface area contributed by atoms with E-state index >= 15 is 0 Å². The first-order valence-corrected chi connectivity index (χ1v) is 9.89. The van der Waals surface area contributed by atoms with Crippen LogP contribution >= 0.6 is 11.8 Å². The largest absolute Gasteiger partial charge is 0.454 e. The van der Waals surface area contributed by atoms with Crippen molar-refractivity contribution in [1.29, 1.82) is 0 Å². The fraction of sp³-hybridized carbons (Fsp3) is 0.500. The van der Waals surface area contributed by atoms with Gasteiger partial charge in [0.15, 0.2) is 16.7 Å². The molecule has 2 heterocycles. The lowest BCUT2D eigenvalue weighted by Crippen LogP contribution is -2.28. The van der Waals surface area contributed by atoms with Gasteiger partial charge >= 0.3 is 0 Å². The highest BCUT2D eigenvalue weighted by molar-refractivity contribution is 7.99. The number of hydrogen-bond acceptors (Lipinski definition) is 6. The molecule has 138 valence electrons. The number of thioether (sulfide) groups is 1. The predicted molar refractivity (Wildman–Crippen MR) is 97.5 cm³/mol. The third-order valence-electron chi connectivity index (χ3n) is 4.61. The van der Waals surface area contributed by atoms with Crippen LogP contribution in [-0.4, -0.2) is 33.2 Å². The van der Waals surface area contributed by atoms with Gasteiger partial charge in [0, 0.05) is 12.5 Å². The minimum absolute atomic E-state index is 0.0289. The summed E-state index contributed by atoms with van der Waals surface area (Å²) in [5.74, 6) is 3.37. The maximum Gasteiger partial charge on any atom is 0.231 e. The van der Waals surface area contributed by atoms with Crippen LogP contribution in [-0.2, 0) is 11.3 Å². The molecule has 1 aliphatic carbocycles. The van der Waals surface area contributed by atoms with Gasteiger partial charge in [0.1, 0.15) is 5.82 Å². The number of rotatable bonds is 7. The second-order valence-corrected chi connectivity index (χ2v) is 7.49. The number of fused-ring (bicyclic) bond motifs is 1. The summed E-state index contributed by atoms with van der Waals surface area (Å²) >= 11 is 1.44. The van der Waals surface area contributed by atoms with Crippen LogP contribution in [0.5, 0.6) is 11.5 Å². The van der Waals surface area contributed by atoms with E-state index in [-0.39, 0.29) is 18.7 Å². The van der Waals surface area contributed by atoms with Gasteiger partial charge in [0.2, 0.25) is 12.7 Å². The number of amides is 1. The lowest BCUT2D eigenvalue weighted by Gasteiger charge is -2.14. The third kappa shape index (κ3) is 3.51. The molecule has 0 unspecified atom stereocenters. The first-order chi connectivity index (χ1) is 12.7. The van der Waals surface area contributed by atoms with E-state index in [9.17, 15) is 4.79 Å². The fourth-order valence-electron chi connectivity index (χ4n) is 3.03. The minimum atomic E-state index is -0.108. The van der Waals surface area contributed by atoms with Crippen LogP contribution in [0.15, 0.2) is 23.4 Å². The minimum Gasteiger partial charge on any atom is -0.454 e. The van der Waals surface area contributed by atoms with Gasteiger partial charge in [-0.2, -0.15) is 0 Å².